The summed E-state index contributed by atoms with van der Waals surface area (Å²) in [5.74, 6) is -0.739. The van der Waals surface area contributed by atoms with E-state index in [4.69, 9.17) is 5.11 Å². The number of likely N-dealkylation sites (N-methyl/N-ethyl adjacent to an activating group) is 1. The van der Waals surface area contributed by atoms with Gasteiger partial charge in [0.1, 0.15) is 6.04 Å². The SMILES string of the molecule is CCCN(CCN(C)C)C(C)C(=O)O. The number of carbonyl (C=O) groups is 1. The Bertz CT molecular complexity index is 172. The van der Waals surface area contributed by atoms with E-state index >= 15 is 0 Å². The maximum atomic E-state index is 10.8. The van der Waals surface area contributed by atoms with E-state index in [-0.39, 0.29) is 6.04 Å². The average Bonchev–Trinajstić information content (AvgIpc) is 2.10. The Kier molecular flexibility index (Phi) is 6.49. The molecule has 0 bridgehead atoms. The Morgan fingerprint density at radius 1 is 1.29 bits per heavy atom. The van der Waals surface area contributed by atoms with Gasteiger partial charge in [0.25, 0.3) is 0 Å². The van der Waals surface area contributed by atoms with Gasteiger partial charge in [-0.1, -0.05) is 6.92 Å². The van der Waals surface area contributed by atoms with Crippen molar-refractivity contribution < 1.29 is 9.90 Å². The molecule has 1 atom stereocenters. The molecule has 0 aliphatic carbocycles. The standard InChI is InChI=1S/C10H22N2O2/c1-5-6-12(8-7-11(3)4)9(2)10(13)14/h9H,5-8H2,1-4H3,(H,13,14). The van der Waals surface area contributed by atoms with Crippen molar-refractivity contribution in [2.24, 2.45) is 0 Å². The molecular formula is C10H22N2O2. The third-order valence-corrected chi connectivity index (χ3v) is 2.25. The molecule has 0 saturated heterocycles. The van der Waals surface area contributed by atoms with Crippen molar-refractivity contribution >= 4 is 5.97 Å². The monoisotopic (exact) mass is 202 g/mol. The second-order valence-electron chi connectivity index (χ2n) is 3.85. The van der Waals surface area contributed by atoms with Crippen LogP contribution in [-0.2, 0) is 4.79 Å². The Labute approximate surface area is 86.5 Å². The number of carboxylic acids is 1. The number of nitrogens with zero attached hydrogens (tertiary/aromatic N) is 2. The van der Waals surface area contributed by atoms with E-state index < -0.39 is 5.97 Å². The highest BCUT2D eigenvalue weighted by Crippen LogP contribution is 2.00. The minimum Gasteiger partial charge on any atom is -0.480 e. The van der Waals surface area contributed by atoms with E-state index in [1.165, 1.54) is 0 Å². The Balaban J connectivity index is 4.06. The van der Waals surface area contributed by atoms with Gasteiger partial charge in [-0.2, -0.15) is 0 Å². The van der Waals surface area contributed by atoms with Gasteiger partial charge in [0, 0.05) is 13.1 Å². The van der Waals surface area contributed by atoms with E-state index in [9.17, 15) is 4.79 Å². The normalized spacial score (nSPS) is 13.6. The van der Waals surface area contributed by atoms with Gasteiger partial charge in [-0.3, -0.25) is 9.69 Å². The molecule has 0 aromatic heterocycles. The van der Waals surface area contributed by atoms with Crippen LogP contribution in [0.5, 0.6) is 0 Å². The van der Waals surface area contributed by atoms with Crippen LogP contribution in [-0.4, -0.2) is 60.6 Å². The van der Waals surface area contributed by atoms with E-state index in [1.54, 1.807) is 6.92 Å². The molecule has 0 aliphatic rings. The summed E-state index contributed by atoms with van der Waals surface area (Å²) in [6.45, 7) is 6.37. The van der Waals surface area contributed by atoms with Gasteiger partial charge in [-0.05, 0) is 34.0 Å². The van der Waals surface area contributed by atoms with Crippen molar-refractivity contribution in [2.45, 2.75) is 26.3 Å². The molecule has 0 amide bonds. The first-order valence-electron chi connectivity index (χ1n) is 5.10. The first kappa shape index (κ1) is 13.4. The van der Waals surface area contributed by atoms with Crippen LogP contribution in [0.3, 0.4) is 0 Å². The summed E-state index contributed by atoms with van der Waals surface area (Å²) in [4.78, 5) is 14.9. The number of rotatable bonds is 7. The molecule has 0 heterocycles. The lowest BCUT2D eigenvalue weighted by atomic mass is 10.2. The van der Waals surface area contributed by atoms with Crippen LogP contribution in [0.15, 0.2) is 0 Å². The summed E-state index contributed by atoms with van der Waals surface area (Å²) in [5, 5.41) is 8.89. The van der Waals surface area contributed by atoms with Crippen LogP contribution < -0.4 is 0 Å². The molecule has 0 aromatic rings. The fraction of sp³-hybridized carbons (Fsp3) is 0.900. The first-order valence-corrected chi connectivity index (χ1v) is 5.10. The summed E-state index contributed by atoms with van der Waals surface area (Å²) in [6.07, 6.45) is 0.991. The van der Waals surface area contributed by atoms with E-state index in [1.807, 2.05) is 19.0 Å². The highest BCUT2D eigenvalue weighted by Gasteiger charge is 2.19. The number of aliphatic carboxylic acids is 1. The van der Waals surface area contributed by atoms with Gasteiger partial charge in [-0.25, -0.2) is 0 Å². The molecular weight excluding hydrogens is 180 g/mol. The summed E-state index contributed by atoms with van der Waals surface area (Å²) in [6, 6.07) is -0.380. The fourth-order valence-electron chi connectivity index (χ4n) is 1.27. The van der Waals surface area contributed by atoms with Crippen LogP contribution in [0.25, 0.3) is 0 Å². The smallest absolute Gasteiger partial charge is 0.320 e. The Hall–Kier alpha value is -0.610. The third-order valence-electron chi connectivity index (χ3n) is 2.25. The zero-order valence-corrected chi connectivity index (χ0v) is 9.66. The topological polar surface area (TPSA) is 43.8 Å². The lowest BCUT2D eigenvalue weighted by molar-refractivity contribution is -0.142. The van der Waals surface area contributed by atoms with Crippen molar-refractivity contribution in [3.8, 4) is 0 Å². The van der Waals surface area contributed by atoms with Gasteiger partial charge in [0.05, 0.1) is 0 Å². The lowest BCUT2D eigenvalue weighted by Gasteiger charge is -2.26. The van der Waals surface area contributed by atoms with E-state index in [0.717, 1.165) is 26.1 Å². The number of hydrogen-bond acceptors (Lipinski definition) is 3. The predicted octanol–water partition coefficient (Wildman–Crippen LogP) is 0.733. The highest BCUT2D eigenvalue weighted by molar-refractivity contribution is 5.72. The summed E-state index contributed by atoms with van der Waals surface area (Å²) in [7, 11) is 3.99. The van der Waals surface area contributed by atoms with Gasteiger partial charge >= 0.3 is 5.97 Å². The van der Waals surface area contributed by atoms with Crippen molar-refractivity contribution in [3.63, 3.8) is 0 Å². The van der Waals surface area contributed by atoms with Crippen molar-refractivity contribution in [1.29, 1.82) is 0 Å². The average molecular weight is 202 g/mol. The summed E-state index contributed by atoms with van der Waals surface area (Å²) < 4.78 is 0. The van der Waals surface area contributed by atoms with Crippen molar-refractivity contribution in [2.75, 3.05) is 33.7 Å². The lowest BCUT2D eigenvalue weighted by Crippen LogP contribution is -2.42. The van der Waals surface area contributed by atoms with Crippen LogP contribution in [0, 0.1) is 0 Å². The molecule has 84 valence electrons. The zero-order chi connectivity index (χ0) is 11.1. The molecule has 4 nitrogen and oxygen atoms in total. The van der Waals surface area contributed by atoms with Crippen LogP contribution >= 0.6 is 0 Å². The molecule has 0 aliphatic heterocycles. The second kappa shape index (κ2) is 6.79. The fourth-order valence-corrected chi connectivity index (χ4v) is 1.27. The molecule has 1 N–H and O–H groups in total. The molecule has 14 heavy (non-hydrogen) atoms. The summed E-state index contributed by atoms with van der Waals surface area (Å²) >= 11 is 0. The quantitative estimate of drug-likeness (QED) is 0.661. The second-order valence-corrected chi connectivity index (χ2v) is 3.85. The number of hydrogen-bond donors (Lipinski definition) is 1. The maximum Gasteiger partial charge on any atom is 0.320 e. The molecule has 0 rings (SSSR count). The van der Waals surface area contributed by atoms with Gasteiger partial charge in [0.2, 0.25) is 0 Å². The third kappa shape index (κ3) is 5.19. The molecule has 0 aromatic carbocycles. The highest BCUT2D eigenvalue weighted by atomic mass is 16.4. The minimum absolute atomic E-state index is 0.380. The molecule has 0 fully saturated rings. The first-order chi connectivity index (χ1) is 6.49. The Morgan fingerprint density at radius 2 is 1.86 bits per heavy atom. The van der Waals surface area contributed by atoms with Crippen molar-refractivity contribution in [3.05, 3.63) is 0 Å². The Morgan fingerprint density at radius 3 is 2.21 bits per heavy atom. The van der Waals surface area contributed by atoms with Gasteiger partial charge in [-0.15, -0.1) is 0 Å². The molecule has 1 unspecified atom stereocenters. The van der Waals surface area contributed by atoms with Gasteiger partial charge < -0.3 is 10.0 Å². The molecule has 0 spiro atoms. The summed E-state index contributed by atoms with van der Waals surface area (Å²) in [5.41, 5.74) is 0. The van der Waals surface area contributed by atoms with Crippen molar-refractivity contribution in [1.82, 2.24) is 9.80 Å². The zero-order valence-electron chi connectivity index (χ0n) is 9.66. The minimum atomic E-state index is -0.739. The van der Waals surface area contributed by atoms with E-state index in [2.05, 4.69) is 11.8 Å². The molecule has 0 radical (unpaired) electrons. The molecule has 0 saturated carbocycles. The maximum absolute atomic E-state index is 10.8. The van der Waals surface area contributed by atoms with Crippen LogP contribution in [0.2, 0.25) is 0 Å². The van der Waals surface area contributed by atoms with E-state index in [0.29, 0.717) is 0 Å². The molecule has 4 heteroatoms. The largest absolute Gasteiger partial charge is 0.480 e. The predicted molar refractivity (Wildman–Crippen MR) is 57.5 cm³/mol. The number of carboxylic acid groups (broad SMARTS) is 1. The van der Waals surface area contributed by atoms with Crippen LogP contribution in [0.4, 0.5) is 0 Å². The van der Waals surface area contributed by atoms with Crippen LogP contribution in [0.1, 0.15) is 20.3 Å². The van der Waals surface area contributed by atoms with Gasteiger partial charge in [0.15, 0.2) is 0 Å².